The molecule has 2 rings (SSSR count). The van der Waals surface area contributed by atoms with Crippen LogP contribution in [0.5, 0.6) is 17.2 Å². The van der Waals surface area contributed by atoms with Crippen molar-refractivity contribution < 1.29 is 14.9 Å². The number of hydrogen-bond donors (Lipinski definition) is 2. The van der Waals surface area contributed by atoms with Crippen molar-refractivity contribution in [2.45, 2.75) is 6.61 Å². The molecular formula is C13H12O3. The zero-order valence-corrected chi connectivity index (χ0v) is 8.63. The van der Waals surface area contributed by atoms with Crippen LogP contribution in [0.15, 0.2) is 48.5 Å². The number of benzene rings is 2. The highest BCUT2D eigenvalue weighted by atomic mass is 16.5. The van der Waals surface area contributed by atoms with Crippen molar-refractivity contribution >= 4 is 0 Å². The molecule has 3 nitrogen and oxygen atoms in total. The van der Waals surface area contributed by atoms with E-state index >= 15 is 0 Å². The van der Waals surface area contributed by atoms with E-state index < -0.39 is 0 Å². The van der Waals surface area contributed by atoms with Crippen molar-refractivity contribution in [2.75, 3.05) is 0 Å². The quantitative estimate of drug-likeness (QED) is 0.829. The summed E-state index contributed by atoms with van der Waals surface area (Å²) in [6.07, 6.45) is 0. The fourth-order valence-electron chi connectivity index (χ4n) is 1.39. The van der Waals surface area contributed by atoms with Crippen LogP contribution in [0.25, 0.3) is 0 Å². The van der Waals surface area contributed by atoms with E-state index in [1.807, 2.05) is 30.3 Å². The Kier molecular flexibility index (Phi) is 2.96. The van der Waals surface area contributed by atoms with Crippen molar-refractivity contribution in [3.63, 3.8) is 0 Å². The maximum absolute atomic E-state index is 9.48. The van der Waals surface area contributed by atoms with Crippen LogP contribution in [0.3, 0.4) is 0 Å². The highest BCUT2D eigenvalue weighted by Gasteiger charge is 2.07. The summed E-state index contributed by atoms with van der Waals surface area (Å²) >= 11 is 0. The van der Waals surface area contributed by atoms with Crippen molar-refractivity contribution in [2.24, 2.45) is 0 Å². The SMILES string of the molecule is Oc1cccc(O)c1OCc1ccccc1. The maximum atomic E-state index is 9.48. The zero-order chi connectivity index (χ0) is 11.4. The van der Waals surface area contributed by atoms with Gasteiger partial charge in [-0.1, -0.05) is 36.4 Å². The topological polar surface area (TPSA) is 49.7 Å². The molecule has 0 heterocycles. The minimum absolute atomic E-state index is 0.0593. The van der Waals surface area contributed by atoms with Gasteiger partial charge >= 0.3 is 0 Å². The normalized spacial score (nSPS) is 10.0. The third kappa shape index (κ3) is 2.25. The lowest BCUT2D eigenvalue weighted by atomic mass is 10.2. The lowest BCUT2D eigenvalue weighted by molar-refractivity contribution is 0.273. The van der Waals surface area contributed by atoms with Crippen molar-refractivity contribution in [3.05, 3.63) is 54.1 Å². The molecule has 0 fully saturated rings. The molecule has 0 radical (unpaired) electrons. The Labute approximate surface area is 93.6 Å². The number of para-hydroxylation sites is 1. The molecule has 0 amide bonds. The molecule has 2 N–H and O–H groups in total. The summed E-state index contributed by atoms with van der Waals surface area (Å²) in [4.78, 5) is 0. The molecule has 0 spiro atoms. The first-order chi connectivity index (χ1) is 7.77. The number of rotatable bonds is 3. The number of phenols is 2. The van der Waals surface area contributed by atoms with E-state index in [0.717, 1.165) is 5.56 Å². The van der Waals surface area contributed by atoms with E-state index in [4.69, 9.17) is 4.74 Å². The fraction of sp³-hybridized carbons (Fsp3) is 0.0769. The molecule has 0 aromatic heterocycles. The first kappa shape index (κ1) is 10.4. The molecule has 0 bridgehead atoms. The van der Waals surface area contributed by atoms with Gasteiger partial charge in [-0.05, 0) is 17.7 Å². The van der Waals surface area contributed by atoms with E-state index in [2.05, 4.69) is 0 Å². The second-order valence-electron chi connectivity index (χ2n) is 3.40. The lowest BCUT2D eigenvalue weighted by Gasteiger charge is -2.09. The highest BCUT2D eigenvalue weighted by Crippen LogP contribution is 2.35. The van der Waals surface area contributed by atoms with E-state index in [-0.39, 0.29) is 17.2 Å². The van der Waals surface area contributed by atoms with Gasteiger partial charge in [0.2, 0.25) is 5.75 Å². The molecule has 0 unspecified atom stereocenters. The van der Waals surface area contributed by atoms with E-state index in [1.165, 1.54) is 12.1 Å². The molecule has 0 saturated heterocycles. The van der Waals surface area contributed by atoms with Crippen LogP contribution < -0.4 is 4.74 Å². The monoisotopic (exact) mass is 216 g/mol. The first-order valence-corrected chi connectivity index (χ1v) is 4.95. The summed E-state index contributed by atoms with van der Waals surface area (Å²) in [5.74, 6) is -0.00165. The molecule has 82 valence electrons. The summed E-state index contributed by atoms with van der Waals surface area (Å²) in [6.45, 7) is 0.311. The van der Waals surface area contributed by atoms with E-state index in [9.17, 15) is 10.2 Å². The zero-order valence-electron chi connectivity index (χ0n) is 8.63. The van der Waals surface area contributed by atoms with Crippen LogP contribution >= 0.6 is 0 Å². The molecule has 0 aliphatic heterocycles. The molecule has 2 aromatic rings. The van der Waals surface area contributed by atoms with Gasteiger partial charge in [-0.15, -0.1) is 0 Å². The standard InChI is InChI=1S/C13H12O3/c14-11-7-4-8-12(15)13(11)16-9-10-5-2-1-3-6-10/h1-8,14-15H,9H2. The van der Waals surface area contributed by atoms with Crippen LogP contribution in [-0.2, 0) is 6.61 Å². The smallest absolute Gasteiger partial charge is 0.203 e. The van der Waals surface area contributed by atoms with Crippen molar-refractivity contribution in [1.82, 2.24) is 0 Å². The van der Waals surface area contributed by atoms with E-state index in [1.54, 1.807) is 6.07 Å². The second-order valence-corrected chi connectivity index (χ2v) is 3.40. The minimum atomic E-state index is -0.0593. The van der Waals surface area contributed by atoms with Crippen LogP contribution in [0.4, 0.5) is 0 Å². The highest BCUT2D eigenvalue weighted by molar-refractivity contribution is 5.49. The Morgan fingerprint density at radius 1 is 0.812 bits per heavy atom. The minimum Gasteiger partial charge on any atom is -0.504 e. The average Bonchev–Trinajstić information content (AvgIpc) is 2.30. The molecule has 0 atom stereocenters. The third-order valence-electron chi connectivity index (χ3n) is 2.20. The second kappa shape index (κ2) is 4.57. The summed E-state index contributed by atoms with van der Waals surface area (Å²) in [6, 6.07) is 14.1. The van der Waals surface area contributed by atoms with Crippen LogP contribution in [0.2, 0.25) is 0 Å². The molecule has 0 aliphatic carbocycles. The fourth-order valence-corrected chi connectivity index (χ4v) is 1.39. The predicted octanol–water partition coefficient (Wildman–Crippen LogP) is 2.68. The summed E-state index contributed by atoms with van der Waals surface area (Å²) in [5, 5.41) is 19.0. The van der Waals surface area contributed by atoms with Gasteiger partial charge in [0, 0.05) is 0 Å². The molecular weight excluding hydrogens is 204 g/mol. The third-order valence-corrected chi connectivity index (χ3v) is 2.20. The van der Waals surface area contributed by atoms with Crippen LogP contribution in [0.1, 0.15) is 5.56 Å². The Balaban J connectivity index is 2.11. The van der Waals surface area contributed by atoms with Crippen molar-refractivity contribution in [1.29, 1.82) is 0 Å². The number of aromatic hydroxyl groups is 2. The Morgan fingerprint density at radius 2 is 1.44 bits per heavy atom. The van der Waals surface area contributed by atoms with Gasteiger partial charge in [-0.3, -0.25) is 0 Å². The lowest BCUT2D eigenvalue weighted by Crippen LogP contribution is -1.95. The van der Waals surface area contributed by atoms with Gasteiger partial charge in [0.05, 0.1) is 0 Å². The first-order valence-electron chi connectivity index (χ1n) is 4.95. The largest absolute Gasteiger partial charge is 0.504 e. The van der Waals surface area contributed by atoms with Gasteiger partial charge in [0.1, 0.15) is 6.61 Å². The number of hydrogen-bond acceptors (Lipinski definition) is 3. The summed E-state index contributed by atoms with van der Waals surface area (Å²) < 4.78 is 5.35. The summed E-state index contributed by atoms with van der Waals surface area (Å²) in [5.41, 5.74) is 0.977. The Bertz CT molecular complexity index is 446. The van der Waals surface area contributed by atoms with Crippen LogP contribution in [-0.4, -0.2) is 10.2 Å². The van der Waals surface area contributed by atoms with E-state index in [0.29, 0.717) is 6.61 Å². The predicted molar refractivity (Wildman–Crippen MR) is 60.5 cm³/mol. The molecule has 0 saturated carbocycles. The summed E-state index contributed by atoms with van der Waals surface area (Å²) in [7, 11) is 0. The molecule has 16 heavy (non-hydrogen) atoms. The van der Waals surface area contributed by atoms with Gasteiger partial charge < -0.3 is 14.9 Å². The van der Waals surface area contributed by atoms with Crippen molar-refractivity contribution in [3.8, 4) is 17.2 Å². The Hall–Kier alpha value is -2.16. The maximum Gasteiger partial charge on any atom is 0.203 e. The molecule has 2 aromatic carbocycles. The van der Waals surface area contributed by atoms with Gasteiger partial charge in [-0.2, -0.15) is 0 Å². The average molecular weight is 216 g/mol. The van der Waals surface area contributed by atoms with Gasteiger partial charge in [0.15, 0.2) is 11.5 Å². The number of ether oxygens (including phenoxy) is 1. The number of phenolic OH excluding ortho intramolecular Hbond substituents is 2. The van der Waals surface area contributed by atoms with Crippen LogP contribution in [0, 0.1) is 0 Å². The molecule has 3 heteroatoms. The molecule has 0 aliphatic rings. The van der Waals surface area contributed by atoms with Gasteiger partial charge in [-0.25, -0.2) is 0 Å². The van der Waals surface area contributed by atoms with Gasteiger partial charge in [0.25, 0.3) is 0 Å². The Morgan fingerprint density at radius 3 is 2.06 bits per heavy atom.